The fourth-order valence-corrected chi connectivity index (χ4v) is 4.65. The second kappa shape index (κ2) is 5.97. The number of carbonyl (C=O) groups is 1. The van der Waals surface area contributed by atoms with Crippen molar-refractivity contribution >= 4 is 16.7 Å². The second-order valence-electron chi connectivity index (χ2n) is 7.01. The highest BCUT2D eigenvalue weighted by molar-refractivity contribution is 5.85. The maximum Gasteiger partial charge on any atom is 0.320 e. The standard InChI is InChI=1S/C20H23NO2/c22-20(23)19-12-15-7-2-4-11-18(15)21(19)13-16-9-5-8-14-6-1-3-10-17(14)16/h1,3,5-6,8-10,15,18-19H,2,4,7,11-13H2,(H,22,23). The van der Waals surface area contributed by atoms with Gasteiger partial charge in [-0.3, -0.25) is 9.69 Å². The molecule has 3 nitrogen and oxygen atoms in total. The average Bonchev–Trinajstić information content (AvgIpc) is 2.94. The van der Waals surface area contributed by atoms with Gasteiger partial charge in [-0.25, -0.2) is 0 Å². The van der Waals surface area contributed by atoms with E-state index in [9.17, 15) is 9.90 Å². The smallest absolute Gasteiger partial charge is 0.320 e. The van der Waals surface area contributed by atoms with Gasteiger partial charge in [0, 0.05) is 12.6 Å². The first-order valence-electron chi connectivity index (χ1n) is 8.69. The zero-order valence-electron chi connectivity index (χ0n) is 13.3. The Labute approximate surface area is 136 Å². The van der Waals surface area contributed by atoms with Crippen LogP contribution in [-0.4, -0.2) is 28.1 Å². The van der Waals surface area contributed by atoms with E-state index in [1.54, 1.807) is 0 Å². The minimum Gasteiger partial charge on any atom is -0.480 e. The monoisotopic (exact) mass is 309 g/mol. The summed E-state index contributed by atoms with van der Waals surface area (Å²) < 4.78 is 0. The number of rotatable bonds is 3. The van der Waals surface area contributed by atoms with Gasteiger partial charge in [0.15, 0.2) is 0 Å². The molecule has 3 atom stereocenters. The Kier molecular flexibility index (Phi) is 3.82. The van der Waals surface area contributed by atoms with Crippen LogP contribution in [0.1, 0.15) is 37.7 Å². The third kappa shape index (κ3) is 2.63. The van der Waals surface area contributed by atoms with Gasteiger partial charge in [0.1, 0.15) is 6.04 Å². The van der Waals surface area contributed by atoms with E-state index in [4.69, 9.17) is 0 Å². The molecule has 3 unspecified atom stereocenters. The minimum absolute atomic E-state index is 0.318. The molecular formula is C20H23NO2. The number of fused-ring (bicyclic) bond motifs is 2. The summed E-state index contributed by atoms with van der Waals surface area (Å²) in [6, 6.07) is 14.9. The summed E-state index contributed by atoms with van der Waals surface area (Å²) in [7, 11) is 0. The summed E-state index contributed by atoms with van der Waals surface area (Å²) in [6.45, 7) is 0.749. The molecule has 2 fully saturated rings. The first-order valence-corrected chi connectivity index (χ1v) is 8.69. The number of carboxylic acids is 1. The lowest BCUT2D eigenvalue weighted by Crippen LogP contribution is -2.41. The fraction of sp³-hybridized carbons (Fsp3) is 0.450. The van der Waals surface area contributed by atoms with Gasteiger partial charge >= 0.3 is 5.97 Å². The van der Waals surface area contributed by atoms with E-state index in [0.29, 0.717) is 12.0 Å². The number of hydrogen-bond acceptors (Lipinski definition) is 2. The average molecular weight is 309 g/mol. The Balaban J connectivity index is 1.68. The normalized spacial score (nSPS) is 27.9. The van der Waals surface area contributed by atoms with Crippen LogP contribution in [0.5, 0.6) is 0 Å². The van der Waals surface area contributed by atoms with E-state index in [2.05, 4.69) is 47.4 Å². The lowest BCUT2D eigenvalue weighted by atomic mass is 9.84. The lowest BCUT2D eigenvalue weighted by molar-refractivity contribution is -0.142. The van der Waals surface area contributed by atoms with Gasteiger partial charge < -0.3 is 5.11 Å². The summed E-state index contributed by atoms with van der Waals surface area (Å²) in [4.78, 5) is 14.0. The van der Waals surface area contributed by atoms with E-state index >= 15 is 0 Å². The molecule has 0 aromatic heterocycles. The van der Waals surface area contributed by atoms with Crippen LogP contribution in [0.3, 0.4) is 0 Å². The second-order valence-corrected chi connectivity index (χ2v) is 7.01. The van der Waals surface area contributed by atoms with Gasteiger partial charge in [-0.15, -0.1) is 0 Å². The van der Waals surface area contributed by atoms with Crippen molar-refractivity contribution in [2.24, 2.45) is 5.92 Å². The molecule has 23 heavy (non-hydrogen) atoms. The van der Waals surface area contributed by atoms with Gasteiger partial charge in [0.05, 0.1) is 0 Å². The Morgan fingerprint density at radius 2 is 1.87 bits per heavy atom. The number of aliphatic carboxylic acids is 1. The third-order valence-electron chi connectivity index (χ3n) is 5.74. The summed E-state index contributed by atoms with van der Waals surface area (Å²) in [6.07, 6.45) is 5.67. The molecule has 4 rings (SSSR count). The number of carboxylic acid groups (broad SMARTS) is 1. The summed E-state index contributed by atoms with van der Waals surface area (Å²) >= 11 is 0. The SMILES string of the molecule is O=C(O)C1CC2CCCCC2N1Cc1cccc2ccccc12. The maximum atomic E-state index is 11.8. The predicted octanol–water partition coefficient (Wildman–Crippen LogP) is 4.06. The molecule has 2 aromatic carbocycles. The molecule has 2 aliphatic rings. The molecule has 1 heterocycles. The van der Waals surface area contributed by atoms with Crippen LogP contribution in [0.25, 0.3) is 10.8 Å². The third-order valence-corrected chi connectivity index (χ3v) is 5.74. The summed E-state index contributed by atoms with van der Waals surface area (Å²) in [5, 5.41) is 12.2. The molecule has 1 aliphatic heterocycles. The number of likely N-dealkylation sites (tertiary alicyclic amines) is 1. The Morgan fingerprint density at radius 1 is 1.09 bits per heavy atom. The van der Waals surface area contributed by atoms with Crippen molar-refractivity contribution in [3.8, 4) is 0 Å². The van der Waals surface area contributed by atoms with Gasteiger partial charge in [0.25, 0.3) is 0 Å². The molecule has 1 saturated carbocycles. The first-order chi connectivity index (χ1) is 11.2. The molecule has 1 N–H and O–H groups in total. The zero-order valence-corrected chi connectivity index (χ0v) is 13.3. The minimum atomic E-state index is -0.653. The Hall–Kier alpha value is -1.87. The van der Waals surface area contributed by atoms with Crippen LogP contribution >= 0.6 is 0 Å². The molecule has 0 spiro atoms. The van der Waals surface area contributed by atoms with Crippen LogP contribution < -0.4 is 0 Å². The van der Waals surface area contributed by atoms with E-state index in [-0.39, 0.29) is 6.04 Å². The van der Waals surface area contributed by atoms with Crippen LogP contribution in [0.15, 0.2) is 42.5 Å². The van der Waals surface area contributed by atoms with E-state index in [0.717, 1.165) is 19.4 Å². The van der Waals surface area contributed by atoms with Crippen molar-refractivity contribution < 1.29 is 9.90 Å². The highest BCUT2D eigenvalue weighted by atomic mass is 16.4. The predicted molar refractivity (Wildman–Crippen MR) is 91.3 cm³/mol. The summed E-state index contributed by atoms with van der Waals surface area (Å²) in [5.74, 6) is -0.0838. The van der Waals surface area contributed by atoms with Crippen molar-refractivity contribution in [2.45, 2.75) is 50.7 Å². The Bertz CT molecular complexity index is 721. The summed E-state index contributed by atoms with van der Waals surface area (Å²) in [5.41, 5.74) is 1.25. The molecule has 2 aromatic rings. The van der Waals surface area contributed by atoms with Gasteiger partial charge in [-0.05, 0) is 41.5 Å². The quantitative estimate of drug-likeness (QED) is 0.929. The van der Waals surface area contributed by atoms with Crippen molar-refractivity contribution in [2.75, 3.05) is 0 Å². The number of nitrogens with zero attached hydrogens (tertiary/aromatic N) is 1. The maximum absolute atomic E-state index is 11.8. The van der Waals surface area contributed by atoms with Crippen LogP contribution in [0.4, 0.5) is 0 Å². The molecule has 0 amide bonds. The Morgan fingerprint density at radius 3 is 2.74 bits per heavy atom. The van der Waals surface area contributed by atoms with Crippen molar-refractivity contribution in [3.05, 3.63) is 48.0 Å². The molecule has 0 radical (unpaired) electrons. The van der Waals surface area contributed by atoms with E-state index in [1.807, 2.05) is 0 Å². The molecule has 1 aliphatic carbocycles. The molecule has 1 saturated heterocycles. The van der Waals surface area contributed by atoms with E-state index in [1.165, 1.54) is 35.6 Å². The molecular weight excluding hydrogens is 286 g/mol. The lowest BCUT2D eigenvalue weighted by Gasteiger charge is -2.33. The van der Waals surface area contributed by atoms with Crippen molar-refractivity contribution in [1.29, 1.82) is 0 Å². The molecule has 3 heteroatoms. The molecule has 120 valence electrons. The van der Waals surface area contributed by atoms with Crippen LogP contribution in [0, 0.1) is 5.92 Å². The highest BCUT2D eigenvalue weighted by Crippen LogP contribution is 2.41. The number of hydrogen-bond donors (Lipinski definition) is 1. The van der Waals surface area contributed by atoms with Crippen LogP contribution in [-0.2, 0) is 11.3 Å². The van der Waals surface area contributed by atoms with Gasteiger partial charge in [-0.2, -0.15) is 0 Å². The number of benzene rings is 2. The van der Waals surface area contributed by atoms with Gasteiger partial charge in [-0.1, -0.05) is 55.3 Å². The first kappa shape index (κ1) is 14.7. The zero-order chi connectivity index (χ0) is 15.8. The topological polar surface area (TPSA) is 40.5 Å². The molecule has 0 bridgehead atoms. The van der Waals surface area contributed by atoms with Crippen molar-refractivity contribution in [1.82, 2.24) is 4.90 Å². The van der Waals surface area contributed by atoms with Gasteiger partial charge in [0.2, 0.25) is 0 Å². The fourth-order valence-electron chi connectivity index (χ4n) is 4.65. The highest BCUT2D eigenvalue weighted by Gasteiger charge is 2.45. The largest absolute Gasteiger partial charge is 0.480 e. The van der Waals surface area contributed by atoms with Crippen LogP contribution in [0.2, 0.25) is 0 Å². The van der Waals surface area contributed by atoms with E-state index < -0.39 is 5.97 Å². The van der Waals surface area contributed by atoms with Crippen molar-refractivity contribution in [3.63, 3.8) is 0 Å².